The molecule has 0 aromatic heterocycles. The highest BCUT2D eigenvalue weighted by molar-refractivity contribution is 9.10. The van der Waals surface area contributed by atoms with Crippen LogP contribution < -0.4 is 10.2 Å². The molecule has 0 fully saturated rings. The van der Waals surface area contributed by atoms with Crippen molar-refractivity contribution in [3.63, 3.8) is 0 Å². The molecule has 124 valence electrons. The van der Waals surface area contributed by atoms with Gasteiger partial charge in [-0.15, -0.1) is 0 Å². The van der Waals surface area contributed by atoms with Crippen molar-refractivity contribution in [1.82, 2.24) is 0 Å². The van der Waals surface area contributed by atoms with E-state index in [2.05, 4.69) is 21.2 Å². The van der Waals surface area contributed by atoms with Crippen molar-refractivity contribution in [3.8, 4) is 0 Å². The van der Waals surface area contributed by atoms with Gasteiger partial charge < -0.3 is 5.32 Å². The lowest BCUT2D eigenvalue weighted by Gasteiger charge is -2.23. The van der Waals surface area contributed by atoms with E-state index in [9.17, 15) is 9.59 Å². The minimum Gasteiger partial charge on any atom is -0.383 e. The van der Waals surface area contributed by atoms with Crippen LogP contribution in [-0.4, -0.2) is 18.4 Å². The maximum absolute atomic E-state index is 13.1. The number of hydrogen-bond donors (Lipinski definition) is 1. The van der Waals surface area contributed by atoms with E-state index in [1.165, 1.54) is 11.8 Å². The van der Waals surface area contributed by atoms with E-state index >= 15 is 0 Å². The van der Waals surface area contributed by atoms with Crippen molar-refractivity contribution in [2.24, 2.45) is 0 Å². The molecule has 2 aromatic rings. The zero-order valence-corrected chi connectivity index (χ0v) is 15.5. The number of nitrogens with one attached hydrogen (secondary N) is 1. The van der Waals surface area contributed by atoms with Gasteiger partial charge in [0.05, 0.1) is 11.4 Å². The van der Waals surface area contributed by atoms with Gasteiger partial charge in [0.1, 0.15) is 0 Å². The highest BCUT2D eigenvalue weighted by atomic mass is 79.9. The largest absolute Gasteiger partial charge is 0.383 e. The monoisotopic (exact) mass is 386 g/mol. The number of carbonyl (C=O) groups is 2. The van der Waals surface area contributed by atoms with Crippen LogP contribution in [0.5, 0.6) is 0 Å². The number of anilines is 2. The maximum atomic E-state index is 13.1. The van der Waals surface area contributed by atoms with Crippen molar-refractivity contribution in [1.29, 1.82) is 0 Å². The Hall–Kier alpha value is -2.14. The summed E-state index contributed by atoms with van der Waals surface area (Å²) in [5, 5.41) is 3.29. The highest BCUT2D eigenvalue weighted by Gasteiger charge is 2.28. The lowest BCUT2D eigenvalue weighted by molar-refractivity contribution is -0.115. The van der Waals surface area contributed by atoms with Crippen LogP contribution in [-0.2, 0) is 11.2 Å². The lowest BCUT2D eigenvalue weighted by Crippen LogP contribution is -2.36. The number of hydrogen-bond acceptors (Lipinski definition) is 3. The fraction of sp³-hybridized carbons (Fsp3) is 0.263. The molecular formula is C19H19BrN2O2. The molecule has 1 aliphatic rings. The Morgan fingerprint density at radius 2 is 1.92 bits per heavy atom. The standard InChI is InChI=1S/C19H19BrN2O2/c1-11-4-5-16(12(2)8-11)19(24)22(13(3)23)17-10-15(20)9-14-6-7-21-18(14)17/h4-5,8-10,21H,6-7H2,1-3H3. The van der Waals surface area contributed by atoms with Crippen LogP contribution in [0.4, 0.5) is 11.4 Å². The Labute approximate surface area is 150 Å². The first-order valence-corrected chi connectivity index (χ1v) is 8.66. The Morgan fingerprint density at radius 3 is 2.58 bits per heavy atom. The second-order valence-corrected chi connectivity index (χ2v) is 7.03. The van der Waals surface area contributed by atoms with Crippen LogP contribution in [0.2, 0.25) is 0 Å². The molecule has 1 N–H and O–H groups in total. The Kier molecular flexibility index (Phi) is 4.45. The summed E-state index contributed by atoms with van der Waals surface area (Å²) in [6.45, 7) is 6.10. The maximum Gasteiger partial charge on any atom is 0.265 e. The highest BCUT2D eigenvalue weighted by Crippen LogP contribution is 2.37. The summed E-state index contributed by atoms with van der Waals surface area (Å²) < 4.78 is 0.861. The van der Waals surface area contributed by atoms with E-state index in [0.717, 1.165) is 39.8 Å². The molecule has 0 spiro atoms. The Balaban J connectivity index is 2.12. The van der Waals surface area contributed by atoms with Gasteiger partial charge in [0.25, 0.3) is 5.91 Å². The number of fused-ring (bicyclic) bond motifs is 1. The second kappa shape index (κ2) is 6.40. The van der Waals surface area contributed by atoms with Gasteiger partial charge in [-0.05, 0) is 49.6 Å². The van der Waals surface area contributed by atoms with E-state index in [0.29, 0.717) is 11.3 Å². The van der Waals surface area contributed by atoms with E-state index in [1.54, 1.807) is 6.07 Å². The van der Waals surface area contributed by atoms with Gasteiger partial charge in [0.15, 0.2) is 0 Å². The van der Waals surface area contributed by atoms with Gasteiger partial charge in [-0.3, -0.25) is 9.59 Å². The third-order valence-corrected chi connectivity index (χ3v) is 4.69. The van der Waals surface area contributed by atoms with Crippen molar-refractivity contribution in [2.45, 2.75) is 27.2 Å². The van der Waals surface area contributed by atoms with Crippen molar-refractivity contribution < 1.29 is 9.59 Å². The number of carbonyl (C=O) groups excluding carboxylic acids is 2. The molecule has 0 saturated heterocycles. The first-order valence-electron chi connectivity index (χ1n) is 7.87. The summed E-state index contributed by atoms with van der Waals surface area (Å²) in [7, 11) is 0. The molecule has 0 saturated carbocycles. The van der Waals surface area contributed by atoms with Gasteiger partial charge in [-0.2, -0.15) is 0 Å². The Morgan fingerprint density at radius 1 is 1.17 bits per heavy atom. The molecule has 0 atom stereocenters. The van der Waals surface area contributed by atoms with Crippen LogP contribution in [0.25, 0.3) is 0 Å². The summed E-state index contributed by atoms with van der Waals surface area (Å²) >= 11 is 3.49. The van der Waals surface area contributed by atoms with Crippen molar-refractivity contribution >= 4 is 39.1 Å². The number of aryl methyl sites for hydroxylation is 2. The van der Waals surface area contributed by atoms with Crippen LogP contribution in [0.1, 0.15) is 34.0 Å². The molecule has 0 bridgehead atoms. The van der Waals surface area contributed by atoms with Gasteiger partial charge in [-0.25, -0.2) is 4.90 Å². The SMILES string of the molecule is CC(=O)N(C(=O)c1ccc(C)cc1C)c1cc(Br)cc2c1NCC2. The van der Waals surface area contributed by atoms with Crippen LogP contribution in [0, 0.1) is 13.8 Å². The zero-order chi connectivity index (χ0) is 17.4. The number of halogens is 1. The third-order valence-electron chi connectivity index (χ3n) is 4.23. The first-order chi connectivity index (χ1) is 11.4. The van der Waals surface area contributed by atoms with Crippen molar-refractivity contribution in [3.05, 3.63) is 57.1 Å². The molecule has 1 aliphatic heterocycles. The van der Waals surface area contributed by atoms with E-state index in [4.69, 9.17) is 0 Å². The molecule has 0 unspecified atom stereocenters. The molecule has 5 heteroatoms. The summed E-state index contributed by atoms with van der Waals surface area (Å²) in [5.41, 5.74) is 5.08. The number of imide groups is 1. The van der Waals surface area contributed by atoms with Gasteiger partial charge in [0, 0.05) is 23.5 Å². The fourth-order valence-corrected chi connectivity index (χ4v) is 3.64. The number of benzene rings is 2. The van der Waals surface area contributed by atoms with Crippen molar-refractivity contribution in [2.75, 3.05) is 16.8 Å². The molecule has 2 amide bonds. The fourth-order valence-electron chi connectivity index (χ4n) is 3.14. The van der Waals surface area contributed by atoms with E-state index in [-0.39, 0.29) is 11.8 Å². The summed E-state index contributed by atoms with van der Waals surface area (Å²) in [5.74, 6) is -0.594. The molecule has 2 aromatic carbocycles. The second-order valence-electron chi connectivity index (χ2n) is 6.11. The minimum absolute atomic E-state index is 0.297. The van der Waals surface area contributed by atoms with Gasteiger partial charge in [-0.1, -0.05) is 33.6 Å². The molecule has 1 heterocycles. The topological polar surface area (TPSA) is 49.4 Å². The van der Waals surface area contributed by atoms with E-state index < -0.39 is 0 Å². The summed E-state index contributed by atoms with van der Waals surface area (Å²) in [6, 6.07) is 9.48. The number of nitrogens with zero attached hydrogens (tertiary/aromatic N) is 1. The zero-order valence-electron chi connectivity index (χ0n) is 13.9. The quantitative estimate of drug-likeness (QED) is 0.839. The molecule has 0 aliphatic carbocycles. The van der Waals surface area contributed by atoms with E-state index in [1.807, 2.05) is 38.1 Å². The van der Waals surface area contributed by atoms with Gasteiger partial charge in [0.2, 0.25) is 5.91 Å². The normalized spacial score (nSPS) is 12.5. The number of amides is 2. The minimum atomic E-state index is -0.297. The average Bonchev–Trinajstić information content (AvgIpc) is 2.94. The van der Waals surface area contributed by atoms with Gasteiger partial charge >= 0.3 is 0 Å². The molecular weight excluding hydrogens is 368 g/mol. The summed E-state index contributed by atoms with van der Waals surface area (Å²) in [6.07, 6.45) is 0.880. The molecule has 0 radical (unpaired) electrons. The van der Waals surface area contributed by atoms with Crippen LogP contribution in [0.3, 0.4) is 0 Å². The smallest absolute Gasteiger partial charge is 0.265 e. The van der Waals surface area contributed by atoms with Crippen LogP contribution in [0.15, 0.2) is 34.8 Å². The molecule has 3 rings (SSSR count). The Bertz CT molecular complexity index is 846. The third kappa shape index (κ3) is 2.96. The predicted molar refractivity (Wildman–Crippen MR) is 99.7 cm³/mol. The number of rotatable bonds is 2. The van der Waals surface area contributed by atoms with Crippen LogP contribution >= 0.6 is 15.9 Å². The average molecular weight is 387 g/mol. The summed E-state index contributed by atoms with van der Waals surface area (Å²) in [4.78, 5) is 26.7. The molecule has 24 heavy (non-hydrogen) atoms. The molecule has 4 nitrogen and oxygen atoms in total. The predicted octanol–water partition coefficient (Wildman–Crippen LogP) is 4.23. The lowest BCUT2D eigenvalue weighted by atomic mass is 10.0. The first kappa shape index (κ1) is 16.7.